The SMILES string of the molecule is COc1ccc(S(=O)(=O)N(CC(=O)N(Cc2ccccc2C)C(C)C(=O)NC2CCCC2)c2ccccc2)cc1. The first-order valence-electron chi connectivity index (χ1n) is 13.6. The summed E-state index contributed by atoms with van der Waals surface area (Å²) in [7, 11) is -2.62. The number of methoxy groups -OCH3 is 1. The zero-order valence-corrected chi connectivity index (χ0v) is 24.1. The summed E-state index contributed by atoms with van der Waals surface area (Å²) in [5, 5.41) is 3.09. The van der Waals surface area contributed by atoms with Gasteiger partial charge in [0.1, 0.15) is 18.3 Å². The van der Waals surface area contributed by atoms with Crippen molar-refractivity contribution in [2.24, 2.45) is 0 Å². The second-order valence-electron chi connectivity index (χ2n) is 10.1. The Kier molecular flexibility index (Phi) is 9.47. The third-order valence-electron chi connectivity index (χ3n) is 7.44. The van der Waals surface area contributed by atoms with Crippen LogP contribution in [0.3, 0.4) is 0 Å². The monoisotopic (exact) mass is 563 g/mol. The number of ether oxygens (including phenoxy) is 1. The first-order valence-corrected chi connectivity index (χ1v) is 15.0. The van der Waals surface area contributed by atoms with Crippen molar-refractivity contribution in [1.29, 1.82) is 0 Å². The molecule has 2 amide bonds. The molecule has 3 aromatic carbocycles. The number of aryl methyl sites for hydroxylation is 1. The molecule has 1 N–H and O–H groups in total. The van der Waals surface area contributed by atoms with E-state index in [0.29, 0.717) is 11.4 Å². The summed E-state index contributed by atoms with van der Waals surface area (Å²) in [4.78, 5) is 28.8. The van der Waals surface area contributed by atoms with Gasteiger partial charge in [-0.1, -0.05) is 55.3 Å². The highest BCUT2D eigenvalue weighted by atomic mass is 32.2. The standard InChI is InChI=1S/C31H37N3O5S/c1-23-11-7-8-12-25(23)21-33(24(2)31(36)32-26-13-9-10-14-26)30(35)22-34(27-15-5-4-6-16-27)40(37,38)29-19-17-28(39-3)18-20-29/h4-8,11-12,15-20,24,26H,9-10,13-14,21-22H2,1-3H3,(H,32,36). The third kappa shape index (κ3) is 6.83. The van der Waals surface area contributed by atoms with Crippen molar-refractivity contribution in [2.45, 2.75) is 63.1 Å². The van der Waals surface area contributed by atoms with Crippen LogP contribution in [0.1, 0.15) is 43.7 Å². The molecule has 4 rings (SSSR count). The van der Waals surface area contributed by atoms with Gasteiger partial charge in [0.2, 0.25) is 11.8 Å². The van der Waals surface area contributed by atoms with Gasteiger partial charge in [-0.25, -0.2) is 8.42 Å². The van der Waals surface area contributed by atoms with E-state index < -0.39 is 28.5 Å². The van der Waals surface area contributed by atoms with Gasteiger partial charge >= 0.3 is 0 Å². The number of hydrogen-bond acceptors (Lipinski definition) is 5. The summed E-state index contributed by atoms with van der Waals surface area (Å²) in [5.41, 5.74) is 2.22. The zero-order valence-electron chi connectivity index (χ0n) is 23.2. The maximum atomic E-state index is 14.0. The molecule has 1 atom stereocenters. The second-order valence-corrected chi connectivity index (χ2v) is 12.0. The van der Waals surface area contributed by atoms with Crippen LogP contribution in [0.2, 0.25) is 0 Å². The van der Waals surface area contributed by atoms with E-state index in [1.165, 1.54) is 24.1 Å². The Morgan fingerprint density at radius 1 is 0.950 bits per heavy atom. The fourth-order valence-corrected chi connectivity index (χ4v) is 6.36. The number of nitrogens with one attached hydrogen (secondary N) is 1. The number of carbonyl (C=O) groups is 2. The van der Waals surface area contributed by atoms with Crippen LogP contribution in [-0.2, 0) is 26.2 Å². The van der Waals surface area contributed by atoms with Crippen molar-refractivity contribution >= 4 is 27.5 Å². The number of nitrogens with zero attached hydrogens (tertiary/aromatic N) is 2. The molecule has 40 heavy (non-hydrogen) atoms. The molecule has 8 nitrogen and oxygen atoms in total. The van der Waals surface area contributed by atoms with Gasteiger partial charge in [-0.3, -0.25) is 13.9 Å². The number of benzene rings is 3. The molecule has 1 aliphatic rings. The molecule has 3 aromatic rings. The van der Waals surface area contributed by atoms with Crippen molar-refractivity contribution in [1.82, 2.24) is 10.2 Å². The number of carbonyl (C=O) groups excluding carboxylic acids is 2. The Labute approximate surface area is 237 Å². The van der Waals surface area contributed by atoms with Crippen LogP contribution in [0.25, 0.3) is 0 Å². The van der Waals surface area contributed by atoms with E-state index in [4.69, 9.17) is 4.74 Å². The number of hydrogen-bond donors (Lipinski definition) is 1. The van der Waals surface area contributed by atoms with Crippen LogP contribution in [0.15, 0.2) is 83.8 Å². The van der Waals surface area contributed by atoms with Gasteiger partial charge in [-0.05, 0) is 74.2 Å². The third-order valence-corrected chi connectivity index (χ3v) is 9.23. The summed E-state index contributed by atoms with van der Waals surface area (Å²) in [6.07, 6.45) is 3.99. The lowest BCUT2D eigenvalue weighted by molar-refractivity contribution is -0.139. The van der Waals surface area contributed by atoms with Crippen molar-refractivity contribution in [3.63, 3.8) is 0 Å². The number of rotatable bonds is 11. The van der Waals surface area contributed by atoms with Crippen molar-refractivity contribution in [3.8, 4) is 5.75 Å². The molecular weight excluding hydrogens is 526 g/mol. The van der Waals surface area contributed by atoms with Gasteiger partial charge in [0.25, 0.3) is 10.0 Å². The fraction of sp³-hybridized carbons (Fsp3) is 0.355. The van der Waals surface area contributed by atoms with Gasteiger partial charge in [0, 0.05) is 12.6 Å². The highest BCUT2D eigenvalue weighted by Gasteiger charge is 2.33. The van der Waals surface area contributed by atoms with Crippen LogP contribution >= 0.6 is 0 Å². The topological polar surface area (TPSA) is 96.0 Å². The van der Waals surface area contributed by atoms with Crippen LogP contribution in [0.5, 0.6) is 5.75 Å². The van der Waals surface area contributed by atoms with Crippen molar-refractivity contribution in [3.05, 3.63) is 90.0 Å². The van der Waals surface area contributed by atoms with E-state index in [0.717, 1.165) is 41.1 Å². The zero-order chi connectivity index (χ0) is 28.7. The van der Waals surface area contributed by atoms with Crippen LogP contribution < -0.4 is 14.4 Å². The van der Waals surface area contributed by atoms with E-state index in [-0.39, 0.29) is 23.4 Å². The first-order chi connectivity index (χ1) is 19.2. The molecule has 0 aromatic heterocycles. The molecule has 0 radical (unpaired) electrons. The summed E-state index contributed by atoms with van der Waals surface area (Å²) >= 11 is 0. The van der Waals surface area contributed by atoms with Gasteiger partial charge in [0.05, 0.1) is 17.7 Å². The molecule has 0 spiro atoms. The predicted molar refractivity (Wildman–Crippen MR) is 156 cm³/mol. The quantitative estimate of drug-likeness (QED) is 0.366. The number of anilines is 1. The molecule has 1 aliphatic carbocycles. The molecule has 1 saturated carbocycles. The van der Waals surface area contributed by atoms with E-state index >= 15 is 0 Å². The Bertz CT molecular complexity index is 1400. The van der Waals surface area contributed by atoms with E-state index in [1.807, 2.05) is 31.2 Å². The largest absolute Gasteiger partial charge is 0.497 e. The summed E-state index contributed by atoms with van der Waals surface area (Å²) in [6.45, 7) is 3.36. The molecule has 9 heteroatoms. The Balaban J connectivity index is 1.67. The van der Waals surface area contributed by atoms with Crippen LogP contribution in [0, 0.1) is 6.92 Å². The molecule has 0 aliphatic heterocycles. The summed E-state index contributed by atoms with van der Waals surface area (Å²) in [6, 6.07) is 21.5. The van der Waals surface area contributed by atoms with E-state index in [2.05, 4.69) is 5.32 Å². The number of sulfonamides is 1. The number of amides is 2. The van der Waals surface area contributed by atoms with Crippen LogP contribution in [-0.4, -0.2) is 50.9 Å². The minimum Gasteiger partial charge on any atom is -0.497 e. The van der Waals surface area contributed by atoms with Crippen molar-refractivity contribution in [2.75, 3.05) is 18.0 Å². The second kappa shape index (κ2) is 13.0. The summed E-state index contributed by atoms with van der Waals surface area (Å²) < 4.78 is 34.0. The van der Waals surface area contributed by atoms with Gasteiger partial charge < -0.3 is 15.0 Å². The van der Waals surface area contributed by atoms with Crippen molar-refractivity contribution < 1.29 is 22.7 Å². The normalized spacial score (nSPS) is 14.4. The molecule has 1 unspecified atom stereocenters. The highest BCUT2D eigenvalue weighted by molar-refractivity contribution is 7.92. The smallest absolute Gasteiger partial charge is 0.264 e. The highest BCUT2D eigenvalue weighted by Crippen LogP contribution is 2.26. The molecule has 1 fully saturated rings. The Hall–Kier alpha value is -3.85. The minimum atomic E-state index is -4.12. The lowest BCUT2D eigenvalue weighted by atomic mass is 10.1. The van der Waals surface area contributed by atoms with Crippen LogP contribution in [0.4, 0.5) is 5.69 Å². The molecule has 0 saturated heterocycles. The predicted octanol–water partition coefficient (Wildman–Crippen LogP) is 4.68. The summed E-state index contributed by atoms with van der Waals surface area (Å²) in [5.74, 6) is -0.191. The first kappa shape index (κ1) is 29.1. The average molecular weight is 564 g/mol. The lowest BCUT2D eigenvalue weighted by Crippen LogP contribution is -2.52. The Morgan fingerprint density at radius 2 is 1.57 bits per heavy atom. The van der Waals surface area contributed by atoms with Gasteiger partial charge in [-0.2, -0.15) is 0 Å². The minimum absolute atomic E-state index is 0.0300. The molecular formula is C31H37N3O5S. The number of para-hydroxylation sites is 1. The molecule has 0 heterocycles. The Morgan fingerprint density at radius 3 is 2.20 bits per heavy atom. The maximum absolute atomic E-state index is 14.0. The van der Waals surface area contributed by atoms with E-state index in [9.17, 15) is 18.0 Å². The van der Waals surface area contributed by atoms with Gasteiger partial charge in [0.15, 0.2) is 0 Å². The molecule has 0 bridgehead atoms. The average Bonchev–Trinajstić information content (AvgIpc) is 3.48. The van der Waals surface area contributed by atoms with E-state index in [1.54, 1.807) is 49.4 Å². The molecule has 212 valence electrons. The maximum Gasteiger partial charge on any atom is 0.264 e. The lowest BCUT2D eigenvalue weighted by Gasteiger charge is -2.32. The van der Waals surface area contributed by atoms with Gasteiger partial charge in [-0.15, -0.1) is 0 Å². The fourth-order valence-electron chi connectivity index (χ4n) is 4.94.